The molecule has 0 radical (unpaired) electrons. The molecule has 0 unspecified atom stereocenters. The molecule has 0 aromatic heterocycles. The Bertz CT molecular complexity index is 791. The molecule has 28 heavy (non-hydrogen) atoms. The minimum absolute atomic E-state index is 0.114. The molecule has 154 valence electrons. The van der Waals surface area contributed by atoms with E-state index >= 15 is 0 Å². The summed E-state index contributed by atoms with van der Waals surface area (Å²) in [7, 11) is 0. The van der Waals surface area contributed by atoms with E-state index in [-0.39, 0.29) is 16.9 Å². The van der Waals surface area contributed by atoms with Crippen molar-refractivity contribution in [3.8, 4) is 11.5 Å². The first-order chi connectivity index (χ1) is 13.0. The first-order valence-corrected chi connectivity index (χ1v) is 10.5. The number of amides is 1. The Morgan fingerprint density at radius 1 is 1.32 bits per heavy atom. The van der Waals surface area contributed by atoms with Gasteiger partial charge in [-0.05, 0) is 69.6 Å². The highest BCUT2D eigenvalue weighted by Crippen LogP contribution is 2.54. The lowest BCUT2D eigenvalue weighted by molar-refractivity contribution is -0.118. The zero-order valence-corrected chi connectivity index (χ0v) is 18.0. The molecule has 4 nitrogen and oxygen atoms in total. The van der Waals surface area contributed by atoms with Crippen molar-refractivity contribution in [2.75, 3.05) is 0 Å². The van der Waals surface area contributed by atoms with E-state index in [9.17, 15) is 9.90 Å². The first-order valence-electron chi connectivity index (χ1n) is 10.5. The second-order valence-electron chi connectivity index (χ2n) is 9.87. The number of primary amides is 1. The summed E-state index contributed by atoms with van der Waals surface area (Å²) in [6.07, 6.45) is 7.37. The van der Waals surface area contributed by atoms with E-state index in [1.165, 1.54) is 5.57 Å². The summed E-state index contributed by atoms with van der Waals surface area (Å²) < 4.78 is 6.45. The van der Waals surface area contributed by atoms with Crippen LogP contribution < -0.4 is 10.5 Å². The van der Waals surface area contributed by atoms with Gasteiger partial charge in [-0.25, -0.2) is 0 Å². The molecule has 3 N–H and O–H groups in total. The van der Waals surface area contributed by atoms with Gasteiger partial charge >= 0.3 is 0 Å². The van der Waals surface area contributed by atoms with Gasteiger partial charge in [-0.15, -0.1) is 0 Å². The quantitative estimate of drug-likeness (QED) is 0.514. The van der Waals surface area contributed by atoms with Crippen LogP contribution in [-0.4, -0.2) is 16.6 Å². The smallest absolute Gasteiger partial charge is 0.217 e. The number of phenols is 1. The highest BCUT2D eigenvalue weighted by molar-refractivity contribution is 5.73. The maximum atomic E-state index is 11.0. The van der Waals surface area contributed by atoms with Crippen molar-refractivity contribution in [3.63, 3.8) is 0 Å². The summed E-state index contributed by atoms with van der Waals surface area (Å²) in [5.74, 6) is 1.63. The number of hydrogen-bond donors (Lipinski definition) is 2. The van der Waals surface area contributed by atoms with Gasteiger partial charge in [0.15, 0.2) is 0 Å². The molecule has 1 aromatic carbocycles. The normalized spacial score (nSPS) is 23.2. The van der Waals surface area contributed by atoms with Gasteiger partial charge in [0.05, 0.1) is 0 Å². The third-order valence-electron chi connectivity index (χ3n) is 6.76. The lowest BCUT2D eigenvalue weighted by Gasteiger charge is -2.47. The van der Waals surface area contributed by atoms with Gasteiger partial charge in [-0.3, -0.25) is 4.79 Å². The molecule has 1 amide bonds. The molecule has 1 aliphatic carbocycles. The third kappa shape index (κ3) is 4.06. The van der Waals surface area contributed by atoms with Crippen LogP contribution in [0.15, 0.2) is 23.8 Å². The van der Waals surface area contributed by atoms with Crippen molar-refractivity contribution in [2.45, 2.75) is 90.1 Å². The van der Waals surface area contributed by atoms with Gasteiger partial charge in [-0.2, -0.15) is 0 Å². The first kappa shape index (κ1) is 20.8. The molecule has 0 bridgehead atoms. The maximum absolute atomic E-state index is 11.0. The Morgan fingerprint density at radius 2 is 2.04 bits per heavy atom. The van der Waals surface area contributed by atoms with E-state index in [4.69, 9.17) is 10.5 Å². The molecule has 4 heteroatoms. The second-order valence-corrected chi connectivity index (χ2v) is 9.87. The van der Waals surface area contributed by atoms with Crippen molar-refractivity contribution in [1.82, 2.24) is 0 Å². The number of allylic oxidation sites excluding steroid dienone is 2. The SMILES string of the molecule is CC1=CC[C@@H]2[C@@H](C1)c1c(O)cc(C(C)(C)CCCCC(N)=O)cc1OC2(C)C. The number of nitrogens with two attached hydrogens (primary N) is 1. The van der Waals surface area contributed by atoms with Gasteiger partial charge in [0.1, 0.15) is 17.1 Å². The standard InChI is InChI=1S/C24H35NO3/c1-15-9-10-18-17(12-15)22-19(26)13-16(14-20(22)28-24(18,4)5)23(2,3)11-7-6-8-21(25)27/h9,13-14,17-18,26H,6-8,10-12H2,1-5H3,(H2,25,27)/t17-,18-/m1/s1. The molecule has 1 aromatic rings. The number of benzene rings is 1. The van der Waals surface area contributed by atoms with E-state index in [2.05, 4.69) is 46.8 Å². The van der Waals surface area contributed by atoms with Crippen LogP contribution in [0.4, 0.5) is 0 Å². The topological polar surface area (TPSA) is 72.5 Å². The number of hydrogen-bond acceptors (Lipinski definition) is 3. The Morgan fingerprint density at radius 3 is 2.71 bits per heavy atom. The number of phenolic OH excluding ortho intramolecular Hbond substituents is 1. The summed E-state index contributed by atoms with van der Waals surface area (Å²) in [5, 5.41) is 11.0. The van der Waals surface area contributed by atoms with Gasteiger partial charge in [-0.1, -0.05) is 31.9 Å². The highest BCUT2D eigenvalue weighted by Gasteiger charge is 2.46. The Labute approximate surface area is 169 Å². The van der Waals surface area contributed by atoms with Gasteiger partial charge in [0.2, 0.25) is 5.91 Å². The Hall–Kier alpha value is -1.97. The van der Waals surface area contributed by atoms with Crippen molar-refractivity contribution in [2.24, 2.45) is 11.7 Å². The number of carbonyl (C=O) groups excluding carboxylic acids is 1. The fourth-order valence-electron chi connectivity index (χ4n) is 4.97. The summed E-state index contributed by atoms with van der Waals surface area (Å²) >= 11 is 0. The molecule has 0 saturated heterocycles. The number of rotatable bonds is 6. The second kappa shape index (κ2) is 7.46. The van der Waals surface area contributed by atoms with Crippen molar-refractivity contribution < 1.29 is 14.6 Å². The summed E-state index contributed by atoms with van der Waals surface area (Å²) in [6.45, 7) is 10.9. The highest BCUT2D eigenvalue weighted by atomic mass is 16.5. The predicted molar refractivity (Wildman–Crippen MR) is 113 cm³/mol. The number of ether oxygens (including phenoxy) is 1. The predicted octanol–water partition coefficient (Wildman–Crippen LogP) is 5.33. The van der Waals surface area contributed by atoms with E-state index < -0.39 is 0 Å². The van der Waals surface area contributed by atoms with Crippen LogP contribution in [0.2, 0.25) is 0 Å². The largest absolute Gasteiger partial charge is 0.508 e. The fourth-order valence-corrected chi connectivity index (χ4v) is 4.97. The van der Waals surface area contributed by atoms with E-state index in [0.29, 0.717) is 24.0 Å². The average Bonchev–Trinajstić information content (AvgIpc) is 2.57. The van der Waals surface area contributed by atoms with E-state index in [1.807, 2.05) is 6.07 Å². The lowest BCUT2D eigenvalue weighted by Crippen LogP contribution is -2.45. The molecule has 1 heterocycles. The zero-order valence-electron chi connectivity index (χ0n) is 18.0. The van der Waals surface area contributed by atoms with E-state index in [0.717, 1.165) is 49.0 Å². The lowest BCUT2D eigenvalue weighted by atomic mass is 9.66. The molecule has 2 aliphatic rings. The summed E-state index contributed by atoms with van der Waals surface area (Å²) in [5.41, 5.74) is 8.33. The summed E-state index contributed by atoms with van der Waals surface area (Å²) in [6, 6.07) is 4.06. The minimum Gasteiger partial charge on any atom is -0.508 e. The van der Waals surface area contributed by atoms with Crippen LogP contribution in [0.5, 0.6) is 11.5 Å². The molecule has 1 aliphatic heterocycles. The van der Waals surface area contributed by atoms with Crippen LogP contribution in [-0.2, 0) is 10.2 Å². The molecule has 2 atom stereocenters. The molecule has 3 rings (SSSR count). The van der Waals surface area contributed by atoms with Crippen molar-refractivity contribution >= 4 is 5.91 Å². The van der Waals surface area contributed by atoms with Gasteiger partial charge in [0, 0.05) is 23.8 Å². The number of fused-ring (bicyclic) bond motifs is 3. The molecular weight excluding hydrogens is 350 g/mol. The zero-order chi connectivity index (χ0) is 20.7. The molecule has 0 fully saturated rings. The number of carbonyl (C=O) groups is 1. The molecular formula is C24H35NO3. The van der Waals surface area contributed by atoms with Crippen LogP contribution in [0, 0.1) is 5.92 Å². The monoisotopic (exact) mass is 385 g/mol. The number of unbranched alkanes of at least 4 members (excludes halogenated alkanes) is 1. The Kier molecular flexibility index (Phi) is 5.53. The summed E-state index contributed by atoms with van der Waals surface area (Å²) in [4.78, 5) is 11.0. The van der Waals surface area contributed by atoms with Crippen LogP contribution >= 0.6 is 0 Å². The average molecular weight is 386 g/mol. The Balaban J connectivity index is 1.89. The van der Waals surface area contributed by atoms with Gasteiger partial charge in [0.25, 0.3) is 0 Å². The maximum Gasteiger partial charge on any atom is 0.217 e. The molecule has 0 saturated carbocycles. The van der Waals surface area contributed by atoms with Crippen molar-refractivity contribution in [1.29, 1.82) is 0 Å². The molecule has 0 spiro atoms. The minimum atomic E-state index is -0.258. The number of aromatic hydroxyl groups is 1. The van der Waals surface area contributed by atoms with E-state index in [1.54, 1.807) is 0 Å². The van der Waals surface area contributed by atoms with Gasteiger partial charge < -0.3 is 15.6 Å². The van der Waals surface area contributed by atoms with Crippen LogP contribution in [0.3, 0.4) is 0 Å². The fraction of sp³-hybridized carbons (Fsp3) is 0.625. The third-order valence-corrected chi connectivity index (χ3v) is 6.76. The van der Waals surface area contributed by atoms with Crippen LogP contribution in [0.25, 0.3) is 0 Å². The van der Waals surface area contributed by atoms with Crippen molar-refractivity contribution in [3.05, 3.63) is 34.9 Å². The van der Waals surface area contributed by atoms with Crippen LogP contribution in [0.1, 0.15) is 90.2 Å².